The van der Waals surface area contributed by atoms with Gasteiger partial charge in [-0.05, 0) is 11.6 Å². The van der Waals surface area contributed by atoms with Crippen molar-refractivity contribution >= 4 is 18.1 Å². The maximum absolute atomic E-state index is 12.5. The summed E-state index contributed by atoms with van der Waals surface area (Å²) < 4.78 is 12.5. The smallest absolute Gasteiger partial charge is 0.186 e. The van der Waals surface area contributed by atoms with Crippen LogP contribution in [0.3, 0.4) is 0 Å². The third kappa shape index (κ3) is 5.55. The zero-order valence-corrected chi connectivity index (χ0v) is 10.7. The number of hydrogen-bond acceptors (Lipinski definition) is 3. The minimum absolute atomic E-state index is 0.0277. The van der Waals surface area contributed by atoms with E-state index in [0.717, 1.165) is 0 Å². The summed E-state index contributed by atoms with van der Waals surface area (Å²) in [4.78, 5) is 4.04. The van der Waals surface area contributed by atoms with Crippen LogP contribution in [-0.2, 0) is 0 Å². The number of nitrogens with zero attached hydrogens (tertiary/aromatic N) is 1. The van der Waals surface area contributed by atoms with Gasteiger partial charge in [-0.15, -0.1) is 0 Å². The monoisotopic (exact) mass is 259 g/mol. The molecule has 1 rings (SSSR count). The largest absolute Gasteiger partial charge is 0.386 e. The highest BCUT2D eigenvalue weighted by atomic mass is 32.2. The standard InChI is InChI=1S/C9H12FN3OS.C2H6/c10-15-8-4-2-1-3-6(8)7(14)5-13-9(11)12;1-2/h1-4,7,14H,5H2,(H4,11,12,13);1-2H3. The van der Waals surface area contributed by atoms with Gasteiger partial charge >= 0.3 is 0 Å². The zero-order valence-electron chi connectivity index (χ0n) is 9.93. The normalized spacial score (nSPS) is 11.1. The molecule has 4 nitrogen and oxygen atoms in total. The number of nitrogens with two attached hydrogens (primary N) is 2. The number of halogens is 1. The topological polar surface area (TPSA) is 84.6 Å². The fourth-order valence-electron chi connectivity index (χ4n) is 1.12. The summed E-state index contributed by atoms with van der Waals surface area (Å²) in [5, 5.41) is 9.68. The summed E-state index contributed by atoms with van der Waals surface area (Å²) >= 11 is 0.0870. The van der Waals surface area contributed by atoms with Gasteiger partial charge < -0.3 is 16.6 Å². The van der Waals surface area contributed by atoms with Gasteiger partial charge in [0.1, 0.15) is 0 Å². The summed E-state index contributed by atoms with van der Waals surface area (Å²) in [7, 11) is 0. The lowest BCUT2D eigenvalue weighted by Crippen LogP contribution is -2.23. The molecule has 5 N–H and O–H groups in total. The van der Waals surface area contributed by atoms with Crippen molar-refractivity contribution in [2.75, 3.05) is 6.54 Å². The average molecular weight is 259 g/mol. The molecule has 0 aromatic heterocycles. The number of aliphatic hydroxyl groups is 1. The molecule has 0 radical (unpaired) electrons. The number of guanidine groups is 1. The first kappa shape index (κ1) is 15.7. The minimum Gasteiger partial charge on any atom is -0.386 e. The van der Waals surface area contributed by atoms with Crippen LogP contribution < -0.4 is 11.5 Å². The van der Waals surface area contributed by atoms with Gasteiger partial charge in [-0.1, -0.05) is 32.0 Å². The maximum Gasteiger partial charge on any atom is 0.186 e. The molecule has 0 fully saturated rings. The van der Waals surface area contributed by atoms with E-state index in [1.54, 1.807) is 24.3 Å². The lowest BCUT2D eigenvalue weighted by atomic mass is 10.1. The highest BCUT2D eigenvalue weighted by molar-refractivity contribution is 7.94. The molecule has 0 saturated heterocycles. The van der Waals surface area contributed by atoms with Gasteiger partial charge in [-0.2, -0.15) is 3.89 Å². The Morgan fingerprint density at radius 1 is 1.41 bits per heavy atom. The van der Waals surface area contributed by atoms with E-state index in [1.165, 1.54) is 0 Å². The summed E-state index contributed by atoms with van der Waals surface area (Å²) in [5.41, 5.74) is 10.7. The second kappa shape index (κ2) is 8.83. The number of benzene rings is 1. The molecule has 0 spiro atoms. The molecule has 1 atom stereocenters. The van der Waals surface area contributed by atoms with Gasteiger partial charge in [-0.3, -0.25) is 4.99 Å². The van der Waals surface area contributed by atoms with Crippen molar-refractivity contribution in [2.24, 2.45) is 16.5 Å². The second-order valence-electron chi connectivity index (χ2n) is 2.90. The minimum atomic E-state index is -0.897. The number of hydrogen-bond donors (Lipinski definition) is 3. The summed E-state index contributed by atoms with van der Waals surface area (Å²) in [5.74, 6) is -0.0977. The van der Waals surface area contributed by atoms with Crippen LogP contribution in [0.4, 0.5) is 3.89 Å². The molecule has 0 amide bonds. The van der Waals surface area contributed by atoms with Crippen molar-refractivity contribution in [3.8, 4) is 0 Å². The Morgan fingerprint density at radius 3 is 2.53 bits per heavy atom. The van der Waals surface area contributed by atoms with Crippen molar-refractivity contribution in [3.63, 3.8) is 0 Å². The molecule has 1 aromatic rings. The van der Waals surface area contributed by atoms with Gasteiger partial charge in [-0.25, -0.2) is 0 Å². The SMILES string of the molecule is CC.NC(N)=NCC(O)c1ccccc1SF. The molecule has 17 heavy (non-hydrogen) atoms. The number of aliphatic imine (C=N–C) groups is 1. The highest BCUT2D eigenvalue weighted by Crippen LogP contribution is 2.28. The molecule has 0 aliphatic heterocycles. The molecule has 6 heteroatoms. The van der Waals surface area contributed by atoms with Crippen molar-refractivity contribution in [2.45, 2.75) is 24.8 Å². The van der Waals surface area contributed by atoms with Crippen molar-refractivity contribution in [1.29, 1.82) is 0 Å². The maximum atomic E-state index is 12.5. The Bertz CT molecular complexity index is 356. The van der Waals surface area contributed by atoms with Gasteiger partial charge in [0.25, 0.3) is 0 Å². The molecule has 0 saturated carbocycles. The van der Waals surface area contributed by atoms with E-state index in [1.807, 2.05) is 13.8 Å². The van der Waals surface area contributed by atoms with Crippen LogP contribution in [0.15, 0.2) is 34.2 Å². The quantitative estimate of drug-likeness (QED) is 0.570. The summed E-state index contributed by atoms with van der Waals surface area (Å²) in [6.07, 6.45) is -0.897. The fourth-order valence-corrected chi connectivity index (χ4v) is 1.54. The fraction of sp³-hybridized carbons (Fsp3) is 0.364. The Balaban J connectivity index is 0.00000121. The van der Waals surface area contributed by atoms with E-state index in [9.17, 15) is 8.99 Å². The molecule has 0 aliphatic rings. The first-order valence-electron chi connectivity index (χ1n) is 5.26. The Kier molecular flexibility index (Phi) is 8.17. The van der Waals surface area contributed by atoms with Gasteiger partial charge in [0.15, 0.2) is 5.96 Å². The Hall–Kier alpha value is -1.27. The van der Waals surface area contributed by atoms with Crippen molar-refractivity contribution < 1.29 is 8.99 Å². The first-order chi connectivity index (χ1) is 8.15. The average Bonchev–Trinajstić information content (AvgIpc) is 2.38. The molecule has 0 heterocycles. The highest BCUT2D eigenvalue weighted by Gasteiger charge is 2.11. The van der Waals surface area contributed by atoms with E-state index in [0.29, 0.717) is 10.5 Å². The molecule has 0 aliphatic carbocycles. The van der Waals surface area contributed by atoms with Gasteiger partial charge in [0.2, 0.25) is 0 Å². The molecular formula is C11H18FN3OS. The van der Waals surface area contributed by atoms with Gasteiger partial charge in [0, 0.05) is 4.90 Å². The lowest BCUT2D eigenvalue weighted by Gasteiger charge is -2.10. The van der Waals surface area contributed by atoms with Crippen LogP contribution in [0.2, 0.25) is 0 Å². The molecule has 1 aromatic carbocycles. The van der Waals surface area contributed by atoms with Crippen LogP contribution in [0.25, 0.3) is 0 Å². The van der Waals surface area contributed by atoms with E-state index in [-0.39, 0.29) is 24.7 Å². The van der Waals surface area contributed by atoms with Crippen molar-refractivity contribution in [3.05, 3.63) is 29.8 Å². The Morgan fingerprint density at radius 2 is 2.00 bits per heavy atom. The van der Waals surface area contributed by atoms with Crippen LogP contribution >= 0.6 is 12.1 Å². The number of rotatable bonds is 4. The van der Waals surface area contributed by atoms with Crippen LogP contribution in [-0.4, -0.2) is 17.6 Å². The Labute approximate surface area is 105 Å². The van der Waals surface area contributed by atoms with E-state index in [4.69, 9.17) is 11.5 Å². The predicted octanol–water partition coefficient (Wildman–Crippen LogP) is 2.00. The van der Waals surface area contributed by atoms with Gasteiger partial charge in [0.05, 0.1) is 24.8 Å². The molecule has 1 unspecified atom stereocenters. The van der Waals surface area contributed by atoms with Crippen LogP contribution in [0.1, 0.15) is 25.5 Å². The molecule has 0 bridgehead atoms. The summed E-state index contributed by atoms with van der Waals surface area (Å²) in [6, 6.07) is 6.63. The third-order valence-electron chi connectivity index (χ3n) is 1.81. The molecule has 96 valence electrons. The van der Waals surface area contributed by atoms with Crippen LogP contribution in [0.5, 0.6) is 0 Å². The second-order valence-corrected chi connectivity index (χ2v) is 3.49. The van der Waals surface area contributed by atoms with Crippen LogP contribution in [0, 0.1) is 0 Å². The zero-order chi connectivity index (χ0) is 13.3. The third-order valence-corrected chi connectivity index (χ3v) is 2.35. The van der Waals surface area contributed by atoms with E-state index < -0.39 is 6.10 Å². The predicted molar refractivity (Wildman–Crippen MR) is 70.4 cm³/mol. The lowest BCUT2D eigenvalue weighted by molar-refractivity contribution is 0.184. The number of aliphatic hydroxyl groups excluding tert-OH is 1. The molecular weight excluding hydrogens is 241 g/mol. The van der Waals surface area contributed by atoms with E-state index >= 15 is 0 Å². The first-order valence-corrected chi connectivity index (χ1v) is 5.97. The van der Waals surface area contributed by atoms with Crippen molar-refractivity contribution in [1.82, 2.24) is 0 Å². The van der Waals surface area contributed by atoms with E-state index in [2.05, 4.69) is 4.99 Å². The summed E-state index contributed by atoms with van der Waals surface area (Å²) in [6.45, 7) is 4.03.